The molecule has 0 spiro atoms. The monoisotopic (exact) mass is 546 g/mol. The Morgan fingerprint density at radius 2 is 1.81 bits per heavy atom. The SMILES string of the molecule is COC[C@H](C)n1c(S[C@@H](C)C(=O)Nc2ccc(S(=O)(=O)N3CCOCC3)cc2)nc2ccccc2c1=O. The first-order chi connectivity index (χ1) is 17.7. The molecule has 1 aliphatic heterocycles. The molecule has 37 heavy (non-hydrogen) atoms. The van der Waals surface area contributed by atoms with Gasteiger partial charge in [-0.3, -0.25) is 14.2 Å². The van der Waals surface area contributed by atoms with Crippen molar-refractivity contribution in [2.45, 2.75) is 35.2 Å². The second kappa shape index (κ2) is 11.7. The van der Waals surface area contributed by atoms with E-state index in [0.717, 1.165) is 0 Å². The maximum atomic E-state index is 13.2. The van der Waals surface area contributed by atoms with Gasteiger partial charge in [-0.1, -0.05) is 23.9 Å². The Balaban J connectivity index is 1.51. The summed E-state index contributed by atoms with van der Waals surface area (Å²) in [6.45, 7) is 5.26. The first-order valence-corrected chi connectivity index (χ1v) is 14.2. The lowest BCUT2D eigenvalue weighted by atomic mass is 10.2. The predicted molar refractivity (Wildman–Crippen MR) is 143 cm³/mol. The normalized spacial score (nSPS) is 16.4. The van der Waals surface area contributed by atoms with E-state index < -0.39 is 15.3 Å². The van der Waals surface area contributed by atoms with Crippen LogP contribution in [0.1, 0.15) is 19.9 Å². The summed E-state index contributed by atoms with van der Waals surface area (Å²) in [7, 11) is -2.05. The van der Waals surface area contributed by atoms with Crippen LogP contribution in [0.15, 0.2) is 63.4 Å². The van der Waals surface area contributed by atoms with Crippen molar-refractivity contribution in [1.29, 1.82) is 0 Å². The van der Waals surface area contributed by atoms with Gasteiger partial charge >= 0.3 is 0 Å². The van der Waals surface area contributed by atoms with Crippen LogP contribution in [-0.4, -0.2) is 73.5 Å². The summed E-state index contributed by atoms with van der Waals surface area (Å²) in [6.07, 6.45) is 0. The minimum Gasteiger partial charge on any atom is -0.383 e. The van der Waals surface area contributed by atoms with Crippen molar-refractivity contribution in [1.82, 2.24) is 13.9 Å². The predicted octanol–water partition coefficient (Wildman–Crippen LogP) is 2.74. The summed E-state index contributed by atoms with van der Waals surface area (Å²) in [6, 6.07) is 12.9. The van der Waals surface area contributed by atoms with Crippen LogP contribution in [0, 0.1) is 0 Å². The zero-order valence-corrected chi connectivity index (χ0v) is 22.5. The number of carbonyl (C=O) groups is 1. The summed E-state index contributed by atoms with van der Waals surface area (Å²) in [5.41, 5.74) is 0.831. The van der Waals surface area contributed by atoms with Crippen molar-refractivity contribution < 1.29 is 22.7 Å². The lowest BCUT2D eigenvalue weighted by molar-refractivity contribution is -0.115. The smallest absolute Gasteiger partial charge is 0.262 e. The third-order valence-corrected chi connectivity index (χ3v) is 8.98. The molecule has 4 rings (SSSR count). The summed E-state index contributed by atoms with van der Waals surface area (Å²) < 4.78 is 39.1. The fourth-order valence-corrected chi connectivity index (χ4v) is 6.43. The van der Waals surface area contributed by atoms with Crippen LogP contribution in [0.4, 0.5) is 5.69 Å². The number of benzene rings is 2. The largest absolute Gasteiger partial charge is 0.383 e. The molecule has 2 aromatic carbocycles. The maximum Gasteiger partial charge on any atom is 0.262 e. The number of para-hydroxylation sites is 1. The number of aromatic nitrogens is 2. The van der Waals surface area contributed by atoms with Crippen LogP contribution in [-0.2, 0) is 24.3 Å². The number of amides is 1. The summed E-state index contributed by atoms with van der Waals surface area (Å²) in [5.74, 6) is -0.304. The first kappa shape index (κ1) is 27.3. The van der Waals surface area contributed by atoms with Gasteiger partial charge in [0.1, 0.15) is 0 Å². The second-order valence-electron chi connectivity index (χ2n) is 8.68. The fourth-order valence-electron chi connectivity index (χ4n) is 4.01. The molecule has 2 heterocycles. The number of carbonyl (C=O) groups excluding carboxylic acids is 1. The van der Waals surface area contributed by atoms with Gasteiger partial charge in [0.15, 0.2) is 5.16 Å². The zero-order chi connectivity index (χ0) is 26.6. The Morgan fingerprint density at radius 1 is 1.14 bits per heavy atom. The van der Waals surface area contributed by atoms with Crippen molar-refractivity contribution in [3.05, 3.63) is 58.9 Å². The third-order valence-electron chi connectivity index (χ3n) is 6.01. The molecule has 0 unspecified atom stereocenters. The van der Waals surface area contributed by atoms with Gasteiger partial charge in [-0.2, -0.15) is 4.31 Å². The molecule has 198 valence electrons. The van der Waals surface area contributed by atoms with E-state index in [2.05, 4.69) is 10.3 Å². The molecule has 0 radical (unpaired) electrons. The highest BCUT2D eigenvalue weighted by molar-refractivity contribution is 8.00. The van der Waals surface area contributed by atoms with Crippen LogP contribution in [0.3, 0.4) is 0 Å². The van der Waals surface area contributed by atoms with Crippen molar-refractivity contribution in [2.75, 3.05) is 45.3 Å². The van der Waals surface area contributed by atoms with Gasteiger partial charge in [0.05, 0.1) is 46.9 Å². The third kappa shape index (κ3) is 6.04. The van der Waals surface area contributed by atoms with E-state index in [1.165, 1.54) is 28.2 Å². The minimum absolute atomic E-state index is 0.159. The summed E-state index contributed by atoms with van der Waals surface area (Å²) in [4.78, 5) is 31.0. The Kier molecular flexibility index (Phi) is 8.65. The van der Waals surface area contributed by atoms with Gasteiger partial charge in [-0.15, -0.1) is 0 Å². The van der Waals surface area contributed by atoms with Gasteiger partial charge < -0.3 is 14.8 Å². The van der Waals surface area contributed by atoms with E-state index in [9.17, 15) is 18.0 Å². The molecule has 12 heteroatoms. The molecule has 1 aliphatic rings. The number of fused-ring (bicyclic) bond motifs is 1. The Labute approximate surface area is 220 Å². The van der Waals surface area contributed by atoms with Crippen molar-refractivity contribution >= 4 is 44.3 Å². The van der Waals surface area contributed by atoms with E-state index in [-0.39, 0.29) is 22.4 Å². The molecule has 2 atom stereocenters. The average Bonchev–Trinajstić information content (AvgIpc) is 2.89. The number of nitrogens with one attached hydrogen (secondary N) is 1. The number of rotatable bonds is 9. The van der Waals surface area contributed by atoms with Crippen LogP contribution in [0.5, 0.6) is 0 Å². The quantitative estimate of drug-likeness (QED) is 0.321. The molecule has 1 aromatic heterocycles. The molecule has 10 nitrogen and oxygen atoms in total. The highest BCUT2D eigenvalue weighted by Crippen LogP contribution is 2.26. The molecular formula is C25H30N4O6S2. The molecule has 1 saturated heterocycles. The molecule has 0 bridgehead atoms. The molecule has 0 saturated carbocycles. The van der Waals surface area contributed by atoms with Crippen LogP contribution >= 0.6 is 11.8 Å². The van der Waals surface area contributed by atoms with Gasteiger partial charge in [-0.05, 0) is 50.2 Å². The molecule has 1 amide bonds. The Morgan fingerprint density at radius 3 is 2.49 bits per heavy atom. The summed E-state index contributed by atoms with van der Waals surface area (Å²) >= 11 is 1.18. The fraction of sp³-hybridized carbons (Fsp3) is 0.400. The number of hydrogen-bond acceptors (Lipinski definition) is 8. The standard InChI is InChI=1S/C25H30N4O6S2/c1-17(16-34-3)29-24(31)21-6-4-5-7-22(21)27-25(29)36-18(2)23(30)26-19-8-10-20(11-9-19)37(32,33)28-12-14-35-15-13-28/h4-11,17-18H,12-16H2,1-3H3,(H,26,30)/t17-,18-/m0/s1. The minimum atomic E-state index is -3.62. The van der Waals surface area contributed by atoms with E-state index >= 15 is 0 Å². The number of sulfonamides is 1. The van der Waals surface area contributed by atoms with Crippen LogP contribution in [0.25, 0.3) is 10.9 Å². The number of anilines is 1. The number of hydrogen-bond donors (Lipinski definition) is 1. The van der Waals surface area contributed by atoms with E-state index in [1.807, 2.05) is 13.0 Å². The van der Waals surface area contributed by atoms with E-state index in [4.69, 9.17) is 9.47 Å². The second-order valence-corrected chi connectivity index (χ2v) is 11.9. The van der Waals surface area contributed by atoms with Crippen molar-refractivity contribution in [3.63, 3.8) is 0 Å². The topological polar surface area (TPSA) is 120 Å². The van der Waals surface area contributed by atoms with Gasteiger partial charge in [-0.25, -0.2) is 13.4 Å². The first-order valence-electron chi connectivity index (χ1n) is 11.9. The molecule has 3 aromatic rings. The highest BCUT2D eigenvalue weighted by Gasteiger charge is 2.26. The Hall–Kier alpha value is -2.77. The van der Waals surface area contributed by atoms with Gasteiger partial charge in [0.25, 0.3) is 5.56 Å². The number of thioether (sulfide) groups is 1. The molecular weight excluding hydrogens is 516 g/mol. The lowest BCUT2D eigenvalue weighted by Crippen LogP contribution is -2.40. The molecule has 1 fully saturated rings. The van der Waals surface area contributed by atoms with Gasteiger partial charge in [0, 0.05) is 25.9 Å². The number of ether oxygens (including phenoxy) is 2. The van der Waals surface area contributed by atoms with Crippen molar-refractivity contribution in [2.24, 2.45) is 0 Å². The van der Waals surface area contributed by atoms with E-state index in [0.29, 0.717) is 54.7 Å². The Bertz CT molecular complexity index is 1420. The van der Waals surface area contributed by atoms with E-state index in [1.54, 1.807) is 48.9 Å². The number of morpholine rings is 1. The van der Waals surface area contributed by atoms with Crippen LogP contribution < -0.4 is 10.9 Å². The molecule has 1 N–H and O–H groups in total. The lowest BCUT2D eigenvalue weighted by Gasteiger charge is -2.26. The van der Waals surface area contributed by atoms with Crippen LogP contribution in [0.2, 0.25) is 0 Å². The number of nitrogens with zero attached hydrogens (tertiary/aromatic N) is 3. The highest BCUT2D eigenvalue weighted by atomic mass is 32.2. The average molecular weight is 547 g/mol. The molecule has 0 aliphatic carbocycles. The van der Waals surface area contributed by atoms with Gasteiger partial charge in [0.2, 0.25) is 15.9 Å². The van der Waals surface area contributed by atoms with Crippen molar-refractivity contribution in [3.8, 4) is 0 Å². The zero-order valence-electron chi connectivity index (χ0n) is 20.9. The summed E-state index contributed by atoms with van der Waals surface area (Å²) in [5, 5.41) is 3.14. The number of methoxy groups -OCH3 is 1. The maximum absolute atomic E-state index is 13.2.